The summed E-state index contributed by atoms with van der Waals surface area (Å²) in [5.74, 6) is -0.735. The van der Waals surface area contributed by atoms with Crippen molar-refractivity contribution in [2.45, 2.75) is 37.6 Å². The third kappa shape index (κ3) is 2.96. The van der Waals surface area contributed by atoms with Gasteiger partial charge in [0.1, 0.15) is 11.6 Å². The Hall–Kier alpha value is -1.79. The maximum atomic E-state index is 13.8. The lowest BCUT2D eigenvalue weighted by Crippen LogP contribution is -2.30. The van der Waals surface area contributed by atoms with Crippen molar-refractivity contribution in [2.75, 3.05) is 6.54 Å². The van der Waals surface area contributed by atoms with E-state index in [1.165, 1.54) is 28.6 Å². The Labute approximate surface area is 141 Å². The van der Waals surface area contributed by atoms with E-state index in [0.717, 1.165) is 12.0 Å². The molecule has 2 aromatic rings. The van der Waals surface area contributed by atoms with Crippen LogP contribution in [0.2, 0.25) is 0 Å². The molecule has 1 unspecified atom stereocenters. The van der Waals surface area contributed by atoms with Crippen LogP contribution in [0.4, 0.5) is 8.78 Å². The highest BCUT2D eigenvalue weighted by molar-refractivity contribution is 7.89. The van der Waals surface area contributed by atoms with Crippen molar-refractivity contribution in [2.24, 2.45) is 0 Å². The molecule has 24 heavy (non-hydrogen) atoms. The topological polar surface area (TPSA) is 37.4 Å². The van der Waals surface area contributed by atoms with Crippen LogP contribution in [0.25, 0.3) is 0 Å². The van der Waals surface area contributed by atoms with Gasteiger partial charge in [0.15, 0.2) is 0 Å². The molecule has 0 saturated carbocycles. The summed E-state index contributed by atoms with van der Waals surface area (Å²) >= 11 is 0. The van der Waals surface area contributed by atoms with Gasteiger partial charge in [0.05, 0.1) is 10.9 Å². The van der Waals surface area contributed by atoms with E-state index in [4.69, 9.17) is 0 Å². The fourth-order valence-electron chi connectivity index (χ4n) is 3.24. The van der Waals surface area contributed by atoms with Crippen molar-refractivity contribution >= 4 is 10.0 Å². The molecule has 0 bridgehead atoms. The van der Waals surface area contributed by atoms with Gasteiger partial charge in [-0.1, -0.05) is 12.1 Å². The van der Waals surface area contributed by atoms with E-state index in [9.17, 15) is 17.2 Å². The second-order valence-electron chi connectivity index (χ2n) is 6.20. The van der Waals surface area contributed by atoms with E-state index in [-0.39, 0.29) is 22.6 Å². The summed E-state index contributed by atoms with van der Waals surface area (Å²) in [5, 5.41) is 0. The Bertz CT molecular complexity index is 840. The molecule has 2 aromatic carbocycles. The van der Waals surface area contributed by atoms with Crippen LogP contribution in [0, 0.1) is 25.5 Å². The van der Waals surface area contributed by atoms with Gasteiger partial charge in [-0.2, -0.15) is 4.31 Å². The number of nitrogens with zero attached hydrogens (tertiary/aromatic N) is 1. The molecule has 6 heteroatoms. The molecule has 1 aliphatic rings. The molecule has 1 heterocycles. The molecule has 0 aliphatic carbocycles. The van der Waals surface area contributed by atoms with Gasteiger partial charge in [-0.15, -0.1) is 0 Å². The highest BCUT2D eigenvalue weighted by Gasteiger charge is 2.36. The highest BCUT2D eigenvalue weighted by atomic mass is 32.2. The monoisotopic (exact) mass is 351 g/mol. The van der Waals surface area contributed by atoms with Crippen molar-refractivity contribution < 1.29 is 17.2 Å². The molecule has 0 amide bonds. The molecule has 3 rings (SSSR count). The van der Waals surface area contributed by atoms with Gasteiger partial charge >= 0.3 is 0 Å². The minimum atomic E-state index is -3.73. The SMILES string of the molecule is Cc1cc(S(=O)(=O)N2CCCC2c2ccc(F)cc2)cc(C)c1F. The molecule has 1 fully saturated rings. The van der Waals surface area contributed by atoms with Crippen LogP contribution in [0.1, 0.15) is 35.6 Å². The van der Waals surface area contributed by atoms with E-state index >= 15 is 0 Å². The molecular weight excluding hydrogens is 332 g/mol. The average molecular weight is 351 g/mol. The first-order valence-electron chi connectivity index (χ1n) is 7.85. The zero-order valence-electron chi connectivity index (χ0n) is 13.6. The normalized spacial score (nSPS) is 18.9. The molecule has 1 saturated heterocycles. The number of sulfonamides is 1. The Morgan fingerprint density at radius 1 is 1.04 bits per heavy atom. The number of halogens is 2. The summed E-state index contributed by atoms with van der Waals surface area (Å²) in [4.78, 5) is 0.105. The quantitative estimate of drug-likeness (QED) is 0.835. The predicted octanol–water partition coefficient (Wildman–Crippen LogP) is 4.11. The average Bonchev–Trinajstić information content (AvgIpc) is 3.03. The van der Waals surface area contributed by atoms with Crippen molar-refractivity contribution in [1.29, 1.82) is 0 Å². The molecule has 0 spiro atoms. The molecule has 128 valence electrons. The summed E-state index contributed by atoms with van der Waals surface area (Å²) < 4.78 is 54.4. The highest BCUT2D eigenvalue weighted by Crippen LogP contribution is 2.37. The summed E-state index contributed by atoms with van der Waals surface area (Å²) in [6.07, 6.45) is 1.42. The van der Waals surface area contributed by atoms with Crippen LogP contribution in [0.15, 0.2) is 41.3 Å². The lowest BCUT2D eigenvalue weighted by molar-refractivity contribution is 0.396. The summed E-state index contributed by atoms with van der Waals surface area (Å²) in [5.41, 5.74) is 1.39. The van der Waals surface area contributed by atoms with Crippen LogP contribution < -0.4 is 0 Å². The summed E-state index contributed by atoms with van der Waals surface area (Å²) in [6, 6.07) is 8.34. The van der Waals surface area contributed by atoms with Gasteiger partial charge in [0.2, 0.25) is 10.0 Å². The smallest absolute Gasteiger partial charge is 0.207 e. The van der Waals surface area contributed by atoms with Gasteiger partial charge in [-0.25, -0.2) is 17.2 Å². The minimum Gasteiger partial charge on any atom is -0.207 e. The Balaban J connectivity index is 2.01. The van der Waals surface area contributed by atoms with E-state index in [0.29, 0.717) is 24.1 Å². The fourth-order valence-corrected chi connectivity index (χ4v) is 5.09. The van der Waals surface area contributed by atoms with E-state index in [1.807, 2.05) is 0 Å². The third-order valence-corrected chi connectivity index (χ3v) is 6.36. The second-order valence-corrected chi connectivity index (χ2v) is 8.09. The number of hydrogen-bond acceptors (Lipinski definition) is 2. The number of hydrogen-bond donors (Lipinski definition) is 0. The first-order valence-corrected chi connectivity index (χ1v) is 9.29. The van der Waals surface area contributed by atoms with E-state index in [1.54, 1.807) is 26.0 Å². The zero-order chi connectivity index (χ0) is 17.5. The zero-order valence-corrected chi connectivity index (χ0v) is 14.4. The maximum Gasteiger partial charge on any atom is 0.243 e. The standard InChI is InChI=1S/C18H19F2NO2S/c1-12-10-16(11-13(2)18(12)20)24(22,23)21-9-3-4-17(21)14-5-7-15(19)8-6-14/h5-8,10-11,17H,3-4,9H2,1-2H3. The molecule has 0 N–H and O–H groups in total. The van der Waals surface area contributed by atoms with Gasteiger partial charge < -0.3 is 0 Å². The minimum absolute atomic E-state index is 0.105. The van der Waals surface area contributed by atoms with E-state index in [2.05, 4.69) is 0 Å². The lowest BCUT2D eigenvalue weighted by Gasteiger charge is -2.25. The van der Waals surface area contributed by atoms with Gasteiger partial charge in [0.25, 0.3) is 0 Å². The first-order chi connectivity index (χ1) is 11.3. The van der Waals surface area contributed by atoms with Gasteiger partial charge in [-0.05, 0) is 67.6 Å². The first kappa shape index (κ1) is 17.0. The Morgan fingerprint density at radius 3 is 2.21 bits per heavy atom. The van der Waals surface area contributed by atoms with Crippen LogP contribution in [-0.2, 0) is 10.0 Å². The lowest BCUT2D eigenvalue weighted by atomic mass is 10.1. The summed E-state index contributed by atoms with van der Waals surface area (Å²) in [6.45, 7) is 3.52. The predicted molar refractivity (Wildman–Crippen MR) is 88.1 cm³/mol. The molecule has 0 aromatic heterocycles. The molecule has 1 aliphatic heterocycles. The fraction of sp³-hybridized carbons (Fsp3) is 0.333. The van der Waals surface area contributed by atoms with Crippen LogP contribution >= 0.6 is 0 Å². The second kappa shape index (κ2) is 6.26. The molecule has 1 atom stereocenters. The number of aryl methyl sites for hydroxylation is 2. The third-order valence-electron chi connectivity index (χ3n) is 4.48. The Morgan fingerprint density at radius 2 is 1.62 bits per heavy atom. The number of benzene rings is 2. The molecule has 0 radical (unpaired) electrons. The van der Waals surface area contributed by atoms with Gasteiger partial charge in [-0.3, -0.25) is 0 Å². The number of rotatable bonds is 3. The van der Waals surface area contributed by atoms with Crippen molar-refractivity contribution in [1.82, 2.24) is 4.31 Å². The molecule has 3 nitrogen and oxygen atoms in total. The van der Waals surface area contributed by atoms with Crippen molar-refractivity contribution in [3.63, 3.8) is 0 Å². The van der Waals surface area contributed by atoms with Gasteiger partial charge in [0, 0.05) is 6.54 Å². The maximum absolute atomic E-state index is 13.8. The van der Waals surface area contributed by atoms with Crippen molar-refractivity contribution in [3.05, 3.63) is 64.7 Å². The van der Waals surface area contributed by atoms with E-state index < -0.39 is 10.0 Å². The largest absolute Gasteiger partial charge is 0.243 e. The van der Waals surface area contributed by atoms with Crippen molar-refractivity contribution in [3.8, 4) is 0 Å². The van der Waals surface area contributed by atoms with Crippen LogP contribution in [0.3, 0.4) is 0 Å². The Kier molecular flexibility index (Phi) is 4.44. The molecular formula is C18H19F2NO2S. The van der Waals surface area contributed by atoms with Crippen LogP contribution in [0.5, 0.6) is 0 Å². The van der Waals surface area contributed by atoms with Crippen LogP contribution in [-0.4, -0.2) is 19.3 Å². The summed E-state index contributed by atoms with van der Waals surface area (Å²) in [7, 11) is -3.73.